The lowest BCUT2D eigenvalue weighted by molar-refractivity contribution is -0.129. The molecule has 0 saturated carbocycles. The number of likely N-dealkylation sites (tertiary alicyclic amines) is 1. The van der Waals surface area contributed by atoms with Gasteiger partial charge in [0.1, 0.15) is 5.69 Å². The lowest BCUT2D eigenvalue weighted by atomic mass is 9.94. The predicted molar refractivity (Wildman–Crippen MR) is 170 cm³/mol. The Morgan fingerprint density at radius 3 is 2.56 bits per heavy atom. The van der Waals surface area contributed by atoms with E-state index in [1.807, 2.05) is 23.2 Å². The zero-order valence-electron chi connectivity index (χ0n) is 26.4. The van der Waals surface area contributed by atoms with Crippen LogP contribution in [0.5, 0.6) is 5.88 Å². The lowest BCUT2D eigenvalue weighted by Gasteiger charge is -2.38. The average Bonchev–Trinajstić information content (AvgIpc) is 3.47. The maximum atomic E-state index is 12.4. The smallest absolute Gasteiger partial charge is 0.219 e. The molecule has 1 amide bonds. The molecule has 0 radical (unpaired) electrons. The molecule has 3 aromatic rings. The highest BCUT2D eigenvalue weighted by Crippen LogP contribution is 2.40. The van der Waals surface area contributed by atoms with Crippen LogP contribution in [0.15, 0.2) is 24.4 Å². The van der Waals surface area contributed by atoms with Crippen LogP contribution < -0.4 is 14.5 Å². The Morgan fingerprint density at radius 2 is 1.84 bits per heavy atom. The number of ether oxygens (including phenoxy) is 1. The summed E-state index contributed by atoms with van der Waals surface area (Å²) in [6.07, 6.45) is 9.96. The fourth-order valence-corrected chi connectivity index (χ4v) is 7.63. The van der Waals surface area contributed by atoms with Crippen LogP contribution >= 0.6 is 0 Å². The monoisotopic (exact) mass is 613 g/mol. The molecule has 7 rings (SSSR count). The van der Waals surface area contributed by atoms with Crippen molar-refractivity contribution in [3.8, 4) is 5.88 Å². The second-order valence-electron chi connectivity index (χ2n) is 12.9. The summed E-state index contributed by atoms with van der Waals surface area (Å²) in [4.78, 5) is 37.1. The summed E-state index contributed by atoms with van der Waals surface area (Å²) >= 11 is 0. The summed E-state index contributed by atoms with van der Waals surface area (Å²) in [7, 11) is 1.66. The van der Waals surface area contributed by atoms with Crippen molar-refractivity contribution in [1.82, 2.24) is 34.8 Å². The molecular formula is C33H43N9O3. The molecule has 12 nitrogen and oxygen atoms in total. The highest BCUT2D eigenvalue weighted by Gasteiger charge is 2.34. The molecule has 2 saturated heterocycles. The molecule has 0 N–H and O–H groups in total. The Kier molecular flexibility index (Phi) is 8.39. The molecule has 4 aliphatic heterocycles. The van der Waals surface area contributed by atoms with Crippen molar-refractivity contribution in [3.05, 3.63) is 46.9 Å². The van der Waals surface area contributed by atoms with Crippen molar-refractivity contribution in [2.45, 2.75) is 64.5 Å². The zero-order chi connectivity index (χ0) is 30.9. The Morgan fingerprint density at radius 1 is 1.02 bits per heavy atom. The van der Waals surface area contributed by atoms with E-state index >= 15 is 0 Å². The van der Waals surface area contributed by atoms with E-state index in [-0.39, 0.29) is 5.91 Å². The first-order valence-corrected chi connectivity index (χ1v) is 16.4. The largest absolute Gasteiger partial charge is 0.481 e. The van der Waals surface area contributed by atoms with E-state index in [2.05, 4.69) is 34.6 Å². The number of hydrogen-bond donors (Lipinski definition) is 0. The number of pyridine rings is 1. The quantitative estimate of drug-likeness (QED) is 0.368. The van der Waals surface area contributed by atoms with E-state index in [1.165, 1.54) is 16.8 Å². The Balaban J connectivity index is 1.03. The first-order valence-electron chi connectivity index (χ1n) is 16.4. The van der Waals surface area contributed by atoms with Gasteiger partial charge in [-0.1, -0.05) is 0 Å². The Bertz CT molecular complexity index is 1520. The summed E-state index contributed by atoms with van der Waals surface area (Å²) in [5.74, 6) is 3.28. The molecule has 3 aromatic heterocycles. The SMILES string of the molecule is COc1cc2c(cn1)N(c1nn(C3CCN(CC4CCN(c5ccc(C=O)nn5)CC4)CC3)c3c1CN(C(C)=O)CC3)CCC2. The van der Waals surface area contributed by atoms with Gasteiger partial charge >= 0.3 is 0 Å². The summed E-state index contributed by atoms with van der Waals surface area (Å²) in [6.45, 7) is 9.13. The van der Waals surface area contributed by atoms with E-state index in [4.69, 9.17) is 9.84 Å². The number of aromatic nitrogens is 5. The van der Waals surface area contributed by atoms with Gasteiger partial charge in [0.25, 0.3) is 0 Å². The molecule has 238 valence electrons. The molecule has 0 aliphatic carbocycles. The standard InChI is InChI=1S/C33H43N9O3/c1-23(44)40-17-11-29-28(21-40)33(41-12-3-4-25-18-32(45-2)34-19-30(25)41)37-42(29)27-9-13-38(14-10-27)20-24-7-15-39(16-8-24)31-6-5-26(22-43)35-36-31/h5-6,18-19,22,24,27H,3-4,7-17,20-21H2,1-2H3. The number of methoxy groups -OCH3 is 1. The number of rotatable bonds is 7. The van der Waals surface area contributed by atoms with E-state index in [0.717, 1.165) is 114 Å². The van der Waals surface area contributed by atoms with Crippen LogP contribution in [0.1, 0.15) is 72.4 Å². The second-order valence-corrected chi connectivity index (χ2v) is 12.9. The van der Waals surface area contributed by atoms with Crippen molar-refractivity contribution in [2.24, 2.45) is 5.92 Å². The van der Waals surface area contributed by atoms with E-state index in [9.17, 15) is 9.59 Å². The number of aryl methyl sites for hydroxylation is 1. The zero-order valence-corrected chi connectivity index (χ0v) is 26.4. The van der Waals surface area contributed by atoms with E-state index in [1.54, 1.807) is 20.1 Å². The molecular weight excluding hydrogens is 570 g/mol. The highest BCUT2D eigenvalue weighted by atomic mass is 16.5. The first kappa shape index (κ1) is 29.6. The molecule has 0 spiro atoms. The van der Waals surface area contributed by atoms with Gasteiger partial charge in [-0.15, -0.1) is 10.2 Å². The number of hydrogen-bond acceptors (Lipinski definition) is 10. The van der Waals surface area contributed by atoms with Gasteiger partial charge in [0.15, 0.2) is 17.9 Å². The van der Waals surface area contributed by atoms with Crippen LogP contribution in [0.25, 0.3) is 0 Å². The van der Waals surface area contributed by atoms with Crippen LogP contribution in [0.3, 0.4) is 0 Å². The minimum atomic E-state index is 0.118. The third-order valence-corrected chi connectivity index (χ3v) is 10.2. The maximum Gasteiger partial charge on any atom is 0.219 e. The van der Waals surface area contributed by atoms with Crippen LogP contribution in [0.2, 0.25) is 0 Å². The van der Waals surface area contributed by atoms with E-state index < -0.39 is 0 Å². The summed E-state index contributed by atoms with van der Waals surface area (Å²) < 4.78 is 7.74. The highest BCUT2D eigenvalue weighted by molar-refractivity contribution is 5.75. The van der Waals surface area contributed by atoms with Gasteiger partial charge in [-0.05, 0) is 62.1 Å². The van der Waals surface area contributed by atoms with Crippen molar-refractivity contribution in [3.63, 3.8) is 0 Å². The third kappa shape index (κ3) is 5.99. The van der Waals surface area contributed by atoms with Crippen LogP contribution in [-0.4, -0.2) is 99.9 Å². The number of carbonyl (C=O) groups is 2. The van der Waals surface area contributed by atoms with Gasteiger partial charge in [-0.2, -0.15) is 5.10 Å². The van der Waals surface area contributed by atoms with Gasteiger partial charge in [0.05, 0.1) is 31.6 Å². The van der Waals surface area contributed by atoms with Gasteiger partial charge < -0.3 is 24.3 Å². The normalized spacial score (nSPS) is 19.7. The van der Waals surface area contributed by atoms with Crippen molar-refractivity contribution >= 4 is 29.5 Å². The van der Waals surface area contributed by atoms with Crippen LogP contribution in [-0.2, 0) is 24.2 Å². The summed E-state index contributed by atoms with van der Waals surface area (Å²) in [5.41, 5.74) is 5.20. The van der Waals surface area contributed by atoms with Gasteiger partial charge in [-0.3, -0.25) is 14.3 Å². The molecule has 4 aliphatic rings. The van der Waals surface area contributed by atoms with Crippen molar-refractivity contribution < 1.29 is 14.3 Å². The van der Waals surface area contributed by atoms with Crippen LogP contribution in [0.4, 0.5) is 17.3 Å². The van der Waals surface area contributed by atoms with E-state index in [0.29, 0.717) is 30.1 Å². The summed E-state index contributed by atoms with van der Waals surface area (Å²) in [5, 5.41) is 13.6. The van der Waals surface area contributed by atoms with Crippen molar-refractivity contribution in [2.75, 3.05) is 62.7 Å². The molecule has 0 aromatic carbocycles. The third-order valence-electron chi connectivity index (χ3n) is 10.2. The average molecular weight is 614 g/mol. The van der Waals surface area contributed by atoms with Crippen LogP contribution in [0, 0.1) is 5.92 Å². The maximum absolute atomic E-state index is 12.4. The van der Waals surface area contributed by atoms with Crippen molar-refractivity contribution in [1.29, 1.82) is 0 Å². The number of fused-ring (bicyclic) bond motifs is 2. The molecule has 0 unspecified atom stereocenters. The number of carbonyl (C=O) groups excluding carboxylic acids is 2. The lowest BCUT2D eigenvalue weighted by Crippen LogP contribution is -2.42. The topological polar surface area (TPSA) is 113 Å². The fraction of sp³-hybridized carbons (Fsp3) is 0.576. The number of nitrogens with zero attached hydrogens (tertiary/aromatic N) is 9. The van der Waals surface area contributed by atoms with Gasteiger partial charge in [0.2, 0.25) is 11.8 Å². The first-order chi connectivity index (χ1) is 22.0. The van der Waals surface area contributed by atoms with Gasteiger partial charge in [0, 0.05) is 76.5 Å². The minimum absolute atomic E-state index is 0.118. The molecule has 0 atom stereocenters. The fourth-order valence-electron chi connectivity index (χ4n) is 7.63. The molecule has 7 heterocycles. The minimum Gasteiger partial charge on any atom is -0.481 e. The summed E-state index contributed by atoms with van der Waals surface area (Å²) in [6, 6.07) is 6.05. The Labute approximate surface area is 264 Å². The number of anilines is 3. The van der Waals surface area contributed by atoms with Gasteiger partial charge in [-0.25, -0.2) is 4.98 Å². The molecule has 12 heteroatoms. The number of amides is 1. The molecule has 45 heavy (non-hydrogen) atoms. The second kappa shape index (κ2) is 12.7. The Hall–Kier alpha value is -4.06. The number of piperidine rings is 2. The molecule has 0 bridgehead atoms. The molecule has 2 fully saturated rings. The number of aldehydes is 1. The predicted octanol–water partition coefficient (Wildman–Crippen LogP) is 3.43.